The molecule has 2 rings (SSSR count). The molecule has 29 heavy (non-hydrogen) atoms. The molecule has 0 fully saturated rings. The molecule has 0 aliphatic carbocycles. The summed E-state index contributed by atoms with van der Waals surface area (Å²) in [6.45, 7) is 5.78. The highest BCUT2D eigenvalue weighted by atomic mass is 16.4. The lowest BCUT2D eigenvalue weighted by Crippen LogP contribution is -2.48. The number of ketones is 1. The van der Waals surface area contributed by atoms with Crippen LogP contribution in [0, 0.1) is 5.92 Å². The zero-order chi connectivity index (χ0) is 21.4. The maximum atomic E-state index is 12.3. The van der Waals surface area contributed by atoms with Gasteiger partial charge in [-0.2, -0.15) is 0 Å². The first kappa shape index (κ1) is 22.3. The Labute approximate surface area is 170 Å². The predicted octanol–water partition coefficient (Wildman–Crippen LogP) is 2.23. The Morgan fingerprint density at radius 1 is 1.14 bits per heavy atom. The molecule has 1 aromatic carbocycles. The number of carboxylic acid groups (broad SMARTS) is 1. The summed E-state index contributed by atoms with van der Waals surface area (Å²) in [6.07, 6.45) is 3.47. The number of aromatic nitrogens is 2. The van der Waals surface area contributed by atoms with Crippen molar-refractivity contribution in [1.29, 1.82) is 0 Å². The van der Waals surface area contributed by atoms with Gasteiger partial charge in [0, 0.05) is 19.2 Å². The first-order valence-electron chi connectivity index (χ1n) is 9.60. The van der Waals surface area contributed by atoms with Gasteiger partial charge in [0.05, 0.1) is 11.7 Å². The zero-order valence-corrected chi connectivity index (χ0v) is 17.0. The number of nitrogens with one attached hydrogen (secondary N) is 2. The van der Waals surface area contributed by atoms with Gasteiger partial charge < -0.3 is 10.4 Å². The molecule has 1 heterocycles. The van der Waals surface area contributed by atoms with Crippen molar-refractivity contribution in [3.63, 3.8) is 0 Å². The number of imidazole rings is 1. The summed E-state index contributed by atoms with van der Waals surface area (Å²) >= 11 is 0. The molecule has 8 nitrogen and oxygen atoms in total. The van der Waals surface area contributed by atoms with Gasteiger partial charge in [0.1, 0.15) is 18.2 Å². The Kier molecular flexibility index (Phi) is 8.09. The highest BCUT2D eigenvalue weighted by Crippen LogP contribution is 2.09. The summed E-state index contributed by atoms with van der Waals surface area (Å²) < 4.78 is 1.29. The topological polar surface area (TPSA) is 113 Å². The van der Waals surface area contributed by atoms with E-state index in [2.05, 4.69) is 15.6 Å². The van der Waals surface area contributed by atoms with Crippen molar-refractivity contribution in [3.8, 4) is 0 Å². The molecule has 2 unspecified atom stereocenters. The summed E-state index contributed by atoms with van der Waals surface area (Å²) in [5, 5.41) is 15.2. The third-order valence-corrected chi connectivity index (χ3v) is 4.47. The molecule has 2 aromatic rings. The minimum absolute atomic E-state index is 0.0656. The first-order chi connectivity index (χ1) is 13.8. The summed E-state index contributed by atoms with van der Waals surface area (Å²) in [7, 11) is 0. The molecule has 1 aromatic heterocycles. The third kappa shape index (κ3) is 7.15. The number of benzene rings is 1. The number of hydrogen-bond acceptors (Lipinski definition) is 5. The quantitative estimate of drug-likeness (QED) is 0.564. The van der Waals surface area contributed by atoms with E-state index in [1.807, 2.05) is 44.2 Å². The number of carboxylic acids is 1. The van der Waals surface area contributed by atoms with Crippen LogP contribution in [0.15, 0.2) is 42.9 Å². The van der Waals surface area contributed by atoms with Crippen LogP contribution >= 0.6 is 0 Å². The van der Waals surface area contributed by atoms with E-state index in [4.69, 9.17) is 0 Å². The lowest BCUT2D eigenvalue weighted by molar-refractivity contribution is -0.139. The number of carbonyl (C=O) groups excluding carboxylic acids is 2. The van der Waals surface area contributed by atoms with Gasteiger partial charge in [-0.1, -0.05) is 44.2 Å². The van der Waals surface area contributed by atoms with Gasteiger partial charge in [0.15, 0.2) is 0 Å². The molecule has 0 saturated carbocycles. The van der Waals surface area contributed by atoms with Crippen LogP contribution in [0.4, 0.5) is 4.79 Å². The average molecular weight is 400 g/mol. The highest BCUT2D eigenvalue weighted by Gasteiger charge is 2.26. The van der Waals surface area contributed by atoms with Crippen LogP contribution in [-0.4, -0.2) is 44.5 Å². The van der Waals surface area contributed by atoms with E-state index in [1.54, 1.807) is 0 Å². The molecule has 3 N–H and O–H groups in total. The Bertz CT molecular complexity index is 832. The average Bonchev–Trinajstić information content (AvgIpc) is 3.14. The van der Waals surface area contributed by atoms with Gasteiger partial charge in [-0.3, -0.25) is 19.5 Å². The Morgan fingerprint density at radius 2 is 1.83 bits per heavy atom. The van der Waals surface area contributed by atoms with E-state index in [9.17, 15) is 19.5 Å². The normalized spacial score (nSPS) is 13.1. The van der Waals surface area contributed by atoms with Crippen LogP contribution < -0.4 is 10.6 Å². The van der Waals surface area contributed by atoms with E-state index in [-0.39, 0.29) is 24.2 Å². The fourth-order valence-corrected chi connectivity index (χ4v) is 2.94. The summed E-state index contributed by atoms with van der Waals surface area (Å²) in [5.41, 5.74) is 1.42. The van der Waals surface area contributed by atoms with Crippen LogP contribution in [0.5, 0.6) is 0 Å². The van der Waals surface area contributed by atoms with Gasteiger partial charge in [0.2, 0.25) is 0 Å². The largest absolute Gasteiger partial charge is 0.480 e. The van der Waals surface area contributed by atoms with E-state index in [0.717, 1.165) is 5.56 Å². The molecule has 1 amide bonds. The number of rotatable bonds is 10. The minimum Gasteiger partial charge on any atom is -0.480 e. The molecular formula is C21H28N4O4. The van der Waals surface area contributed by atoms with Crippen molar-refractivity contribution < 1.29 is 19.5 Å². The summed E-state index contributed by atoms with van der Waals surface area (Å²) in [6, 6.07) is 7.64. The maximum Gasteiger partial charge on any atom is 0.327 e. The number of nitrogens with zero attached hydrogens (tertiary/aromatic N) is 2. The van der Waals surface area contributed by atoms with Crippen molar-refractivity contribution >= 4 is 17.8 Å². The molecule has 0 saturated heterocycles. The van der Waals surface area contributed by atoms with Gasteiger partial charge >= 0.3 is 12.0 Å². The predicted molar refractivity (Wildman–Crippen MR) is 108 cm³/mol. The number of hydrogen-bond donors (Lipinski definition) is 3. The number of amides is 1. The lowest BCUT2D eigenvalue weighted by atomic mass is 9.99. The van der Waals surface area contributed by atoms with Crippen LogP contribution in [0.1, 0.15) is 38.4 Å². The zero-order valence-electron chi connectivity index (χ0n) is 17.0. The third-order valence-electron chi connectivity index (χ3n) is 4.47. The van der Waals surface area contributed by atoms with E-state index < -0.39 is 18.1 Å². The first-order valence-corrected chi connectivity index (χ1v) is 9.60. The molecule has 0 aliphatic heterocycles. The van der Waals surface area contributed by atoms with E-state index in [1.165, 1.54) is 24.0 Å². The molecule has 0 aliphatic rings. The SMILES string of the molecule is CC(=O)C(CC(C)C)NC(Cc1cn(C(=O)NCc2ccccc2)cn1)C(=O)O. The molecule has 0 radical (unpaired) electrons. The van der Waals surface area contributed by atoms with Crippen molar-refractivity contribution in [2.75, 3.05) is 0 Å². The Morgan fingerprint density at radius 3 is 2.41 bits per heavy atom. The highest BCUT2D eigenvalue weighted by molar-refractivity contribution is 5.83. The van der Waals surface area contributed by atoms with Gasteiger partial charge in [-0.25, -0.2) is 9.78 Å². The van der Waals surface area contributed by atoms with Gasteiger partial charge in [-0.15, -0.1) is 0 Å². The van der Waals surface area contributed by atoms with E-state index >= 15 is 0 Å². The summed E-state index contributed by atoms with van der Waals surface area (Å²) in [5.74, 6) is -0.919. The van der Waals surface area contributed by atoms with Crippen LogP contribution in [0.3, 0.4) is 0 Å². The molecule has 8 heteroatoms. The Hall–Kier alpha value is -3.00. The fourth-order valence-electron chi connectivity index (χ4n) is 2.94. The monoisotopic (exact) mass is 400 g/mol. The molecular weight excluding hydrogens is 372 g/mol. The van der Waals surface area contributed by atoms with Gasteiger partial charge in [-0.05, 0) is 24.8 Å². The van der Waals surface area contributed by atoms with Crippen LogP contribution in [0.2, 0.25) is 0 Å². The maximum absolute atomic E-state index is 12.3. The van der Waals surface area contributed by atoms with Gasteiger partial charge in [0.25, 0.3) is 0 Å². The fraction of sp³-hybridized carbons (Fsp3) is 0.429. The van der Waals surface area contributed by atoms with Crippen LogP contribution in [-0.2, 0) is 22.6 Å². The number of Topliss-reactive ketones (excluding diaryl/α,β-unsaturated/α-hetero) is 1. The van der Waals surface area contributed by atoms with Crippen molar-refractivity contribution in [2.24, 2.45) is 5.92 Å². The molecule has 156 valence electrons. The summed E-state index contributed by atoms with van der Waals surface area (Å²) in [4.78, 5) is 39.9. The van der Waals surface area contributed by atoms with Crippen molar-refractivity contribution in [2.45, 2.75) is 52.2 Å². The standard InChI is InChI=1S/C21H28N4O4/c1-14(2)9-18(15(3)26)24-19(20(27)28)10-17-12-25(13-23-17)21(29)22-11-16-7-5-4-6-8-16/h4-8,12-14,18-19,24H,9-11H2,1-3H3,(H,22,29)(H,27,28). The molecule has 0 spiro atoms. The van der Waals surface area contributed by atoms with Crippen molar-refractivity contribution in [1.82, 2.24) is 20.2 Å². The van der Waals surface area contributed by atoms with Crippen molar-refractivity contribution in [3.05, 3.63) is 54.1 Å². The second-order valence-electron chi connectivity index (χ2n) is 7.47. The lowest BCUT2D eigenvalue weighted by Gasteiger charge is -2.22. The minimum atomic E-state index is -1.07. The number of carbonyl (C=O) groups is 3. The molecule has 2 atom stereocenters. The smallest absolute Gasteiger partial charge is 0.327 e. The second kappa shape index (κ2) is 10.5. The van der Waals surface area contributed by atoms with Crippen LogP contribution in [0.25, 0.3) is 0 Å². The Balaban J connectivity index is 1.98. The number of aliphatic carboxylic acids is 1. The second-order valence-corrected chi connectivity index (χ2v) is 7.47. The van der Waals surface area contributed by atoms with E-state index in [0.29, 0.717) is 18.7 Å². The molecule has 0 bridgehead atoms.